The molecule has 0 amide bonds. The summed E-state index contributed by atoms with van der Waals surface area (Å²) in [7, 11) is 0. The maximum atomic E-state index is 13.3. The second kappa shape index (κ2) is 22.9. The van der Waals surface area contributed by atoms with Crippen molar-refractivity contribution in [3.8, 4) is 0 Å². The lowest BCUT2D eigenvalue weighted by molar-refractivity contribution is -0.157. The van der Waals surface area contributed by atoms with Gasteiger partial charge >= 0.3 is 17.9 Å². The molecule has 0 aliphatic carbocycles. The van der Waals surface area contributed by atoms with Gasteiger partial charge in [-0.15, -0.1) is 0 Å². The monoisotopic (exact) mass is 800 g/mol. The third-order valence-corrected chi connectivity index (χ3v) is 8.98. The summed E-state index contributed by atoms with van der Waals surface area (Å²) in [6.07, 6.45) is 0.0444. The molecule has 0 aliphatic rings. The molecule has 0 radical (unpaired) electrons. The number of hydrogen-bond donors (Lipinski definition) is 0. The summed E-state index contributed by atoms with van der Waals surface area (Å²) in [5.74, 6) is -1.62. The Morgan fingerprint density at radius 1 is 0.500 bits per heavy atom. The number of carbonyl (C=O) groups is 3. The molecule has 0 spiro atoms. The maximum absolute atomic E-state index is 13.3. The highest BCUT2D eigenvalue weighted by Crippen LogP contribution is 2.22. The Morgan fingerprint density at radius 3 is 1.27 bits per heavy atom. The normalized spacial score (nSPS) is 11.7. The first-order valence-electron chi connectivity index (χ1n) is 20.0. The van der Waals surface area contributed by atoms with Crippen molar-refractivity contribution in [3.63, 3.8) is 0 Å². The fourth-order valence-electron chi connectivity index (χ4n) is 6.10. The Labute approximate surface area is 353 Å². The minimum Gasteiger partial charge on any atom is -0.460 e. The zero-order valence-electron chi connectivity index (χ0n) is 34.6. The van der Waals surface area contributed by atoms with Crippen molar-refractivity contribution in [1.29, 1.82) is 0 Å². The Bertz CT molecular complexity index is 2190. The second-order valence-electron chi connectivity index (χ2n) is 15.1. The van der Waals surface area contributed by atoms with Crippen molar-refractivity contribution in [2.75, 3.05) is 6.54 Å². The first-order valence-corrected chi connectivity index (χ1v) is 20.0. The van der Waals surface area contributed by atoms with Crippen LogP contribution in [0.3, 0.4) is 0 Å². The summed E-state index contributed by atoms with van der Waals surface area (Å²) in [6, 6.07) is 57.4. The topological polar surface area (TPSA) is 104 Å². The van der Waals surface area contributed by atoms with E-state index >= 15 is 0 Å². The largest absolute Gasteiger partial charge is 0.460 e. The molecule has 0 aromatic heterocycles. The van der Waals surface area contributed by atoms with Gasteiger partial charge in [0, 0.05) is 22.3 Å². The van der Waals surface area contributed by atoms with Crippen LogP contribution in [0.4, 0.5) is 0 Å². The lowest BCUT2D eigenvalue weighted by Gasteiger charge is -2.24. The van der Waals surface area contributed by atoms with Gasteiger partial charge in [-0.3, -0.25) is 19.6 Å². The van der Waals surface area contributed by atoms with Crippen molar-refractivity contribution in [3.05, 3.63) is 215 Å². The van der Waals surface area contributed by atoms with E-state index in [9.17, 15) is 14.4 Å². The molecule has 0 saturated carbocycles. The van der Waals surface area contributed by atoms with E-state index in [2.05, 4.69) is 4.99 Å². The lowest BCUT2D eigenvalue weighted by Crippen LogP contribution is -2.33. The summed E-state index contributed by atoms with van der Waals surface area (Å²) >= 11 is 0. The smallest absolute Gasteiger partial charge is 0.331 e. The molecule has 6 aromatic rings. The Balaban J connectivity index is 0.000000240. The summed E-state index contributed by atoms with van der Waals surface area (Å²) in [5.41, 5.74) is 6.41. The van der Waals surface area contributed by atoms with Crippen LogP contribution < -0.4 is 0 Å². The third-order valence-electron chi connectivity index (χ3n) is 8.98. The van der Waals surface area contributed by atoms with E-state index in [0.29, 0.717) is 5.71 Å². The number of rotatable bonds is 15. The van der Waals surface area contributed by atoms with E-state index in [4.69, 9.17) is 19.2 Å². The fraction of sp³-hybridized carbons (Fsp3) is 0.212. The third kappa shape index (κ3) is 14.8. The SMILES string of the molecule is C[C@H](CC(=O)OC(C)(C)C)C(N=C(c1ccccc1)c1ccccc1)C(=O)OCc1ccccc1.O=C(CN=C(c1ccccc1)c1ccccc1)OCc1ccccc1. The molecule has 0 fully saturated rings. The van der Waals surface area contributed by atoms with Crippen LogP contribution in [-0.4, -0.2) is 47.5 Å². The molecule has 0 heterocycles. The van der Waals surface area contributed by atoms with Crippen LogP contribution in [0.2, 0.25) is 0 Å². The molecule has 0 bridgehead atoms. The van der Waals surface area contributed by atoms with Crippen LogP contribution in [0.5, 0.6) is 0 Å². The zero-order valence-corrected chi connectivity index (χ0v) is 34.6. The predicted molar refractivity (Wildman–Crippen MR) is 238 cm³/mol. The van der Waals surface area contributed by atoms with Crippen molar-refractivity contribution in [1.82, 2.24) is 0 Å². The van der Waals surface area contributed by atoms with Crippen molar-refractivity contribution in [2.45, 2.75) is 59.0 Å². The molecule has 1 unspecified atom stereocenters. The van der Waals surface area contributed by atoms with Gasteiger partial charge < -0.3 is 14.2 Å². The van der Waals surface area contributed by atoms with Crippen LogP contribution in [0, 0.1) is 5.92 Å². The molecule has 306 valence electrons. The minimum absolute atomic E-state index is 0.00798. The molecule has 0 aliphatic heterocycles. The molecule has 6 rings (SSSR count). The number of nitrogens with zero attached hydrogens (tertiary/aromatic N) is 2. The first kappa shape index (κ1) is 44.2. The number of carbonyl (C=O) groups excluding carboxylic acids is 3. The summed E-state index contributed by atoms with van der Waals surface area (Å²) in [6.45, 7) is 7.69. The molecular formula is C52H52N2O6. The van der Waals surface area contributed by atoms with Gasteiger partial charge in [0.2, 0.25) is 0 Å². The van der Waals surface area contributed by atoms with Crippen LogP contribution in [0.25, 0.3) is 0 Å². The molecule has 0 saturated heterocycles. The van der Waals surface area contributed by atoms with Gasteiger partial charge in [-0.05, 0) is 37.8 Å². The van der Waals surface area contributed by atoms with Crippen molar-refractivity contribution >= 4 is 29.3 Å². The standard InChI is InChI=1S/C30H33NO4.C22H19NO2/c1-22(20-26(32)35-30(2,3)4)27(29(33)34-21-23-14-8-5-9-15-23)31-28(24-16-10-6-11-17-24)25-18-12-7-13-19-25;24-21(25-17-18-10-4-1-5-11-18)16-23-22(19-12-6-2-7-13-19)20-14-8-3-9-15-20/h5-19,22,27H,20-21H2,1-4H3;1-15H,16-17H2/t22-,27?;/m1./s1. The maximum Gasteiger partial charge on any atom is 0.331 e. The summed E-state index contributed by atoms with van der Waals surface area (Å²) in [5, 5.41) is 0. The average molecular weight is 801 g/mol. The van der Waals surface area contributed by atoms with E-state index in [1.54, 1.807) is 0 Å². The highest BCUT2D eigenvalue weighted by Gasteiger charge is 2.31. The van der Waals surface area contributed by atoms with Gasteiger partial charge in [-0.25, -0.2) is 4.79 Å². The Hall–Kier alpha value is -6.93. The minimum atomic E-state index is -0.887. The van der Waals surface area contributed by atoms with E-state index in [1.807, 2.05) is 210 Å². The summed E-state index contributed by atoms with van der Waals surface area (Å²) < 4.78 is 16.5. The van der Waals surface area contributed by atoms with E-state index in [-0.39, 0.29) is 38.1 Å². The Kier molecular flexibility index (Phi) is 16.8. The van der Waals surface area contributed by atoms with Crippen molar-refractivity contribution < 1.29 is 28.6 Å². The van der Waals surface area contributed by atoms with Gasteiger partial charge in [0.25, 0.3) is 0 Å². The highest BCUT2D eigenvalue weighted by atomic mass is 16.6. The van der Waals surface area contributed by atoms with Gasteiger partial charge in [0.15, 0.2) is 6.04 Å². The second-order valence-corrected chi connectivity index (χ2v) is 15.1. The zero-order chi connectivity index (χ0) is 42.6. The summed E-state index contributed by atoms with van der Waals surface area (Å²) in [4.78, 5) is 47.4. The van der Waals surface area contributed by atoms with E-state index < -0.39 is 23.5 Å². The van der Waals surface area contributed by atoms with E-state index in [1.165, 1.54) is 0 Å². The lowest BCUT2D eigenvalue weighted by atomic mass is 9.96. The number of esters is 3. The van der Waals surface area contributed by atoms with Crippen LogP contribution >= 0.6 is 0 Å². The predicted octanol–water partition coefficient (Wildman–Crippen LogP) is 10.3. The molecule has 60 heavy (non-hydrogen) atoms. The molecule has 2 atom stereocenters. The first-order chi connectivity index (χ1) is 29.1. The van der Waals surface area contributed by atoms with Crippen LogP contribution in [-0.2, 0) is 41.8 Å². The van der Waals surface area contributed by atoms with Gasteiger partial charge in [-0.1, -0.05) is 189 Å². The van der Waals surface area contributed by atoms with Crippen LogP contribution in [0.1, 0.15) is 67.5 Å². The number of benzene rings is 6. The highest BCUT2D eigenvalue weighted by molar-refractivity contribution is 6.14. The molecule has 6 aromatic carbocycles. The fourth-order valence-corrected chi connectivity index (χ4v) is 6.10. The number of aliphatic imine (C=N–C) groups is 2. The molecule has 8 nitrogen and oxygen atoms in total. The Morgan fingerprint density at radius 2 is 0.867 bits per heavy atom. The van der Waals surface area contributed by atoms with Gasteiger partial charge in [0.05, 0.1) is 17.8 Å². The van der Waals surface area contributed by atoms with Gasteiger partial charge in [0.1, 0.15) is 25.4 Å². The van der Waals surface area contributed by atoms with Gasteiger partial charge in [-0.2, -0.15) is 0 Å². The molecule has 8 heteroatoms. The van der Waals surface area contributed by atoms with E-state index in [0.717, 1.165) is 39.1 Å². The number of hydrogen-bond acceptors (Lipinski definition) is 8. The van der Waals surface area contributed by atoms with Crippen molar-refractivity contribution in [2.24, 2.45) is 15.9 Å². The quantitative estimate of drug-likeness (QED) is 0.0582. The van der Waals surface area contributed by atoms with Crippen LogP contribution in [0.15, 0.2) is 192 Å². The number of ether oxygens (including phenoxy) is 3. The molecular weight excluding hydrogens is 749 g/mol. The average Bonchev–Trinajstić information content (AvgIpc) is 3.27. The molecule has 0 N–H and O–H groups in total.